The van der Waals surface area contributed by atoms with Gasteiger partial charge >= 0.3 is 0 Å². The first-order valence-corrected chi connectivity index (χ1v) is 11.0. The van der Waals surface area contributed by atoms with Gasteiger partial charge in [0.25, 0.3) is 5.69 Å². The van der Waals surface area contributed by atoms with Gasteiger partial charge in [-0.3, -0.25) is 10.1 Å². The van der Waals surface area contributed by atoms with Crippen LogP contribution >= 0.6 is 0 Å². The van der Waals surface area contributed by atoms with E-state index >= 15 is 0 Å². The smallest absolute Gasteiger partial charge is 0.292 e. The molecule has 0 fully saturated rings. The summed E-state index contributed by atoms with van der Waals surface area (Å²) in [6, 6.07) is 11.3. The fourth-order valence-corrected chi connectivity index (χ4v) is 3.66. The van der Waals surface area contributed by atoms with Crippen molar-refractivity contribution in [1.29, 1.82) is 0 Å². The lowest BCUT2D eigenvalue weighted by Gasteiger charge is -2.26. The quantitative estimate of drug-likeness (QED) is 0.165. The van der Waals surface area contributed by atoms with E-state index in [1.807, 2.05) is 6.92 Å². The molecule has 0 saturated heterocycles. The van der Waals surface area contributed by atoms with E-state index in [0.717, 1.165) is 25.1 Å². The zero-order valence-corrected chi connectivity index (χ0v) is 19.0. The summed E-state index contributed by atoms with van der Waals surface area (Å²) in [5, 5.41) is 20.6. The second-order valence-electron chi connectivity index (χ2n) is 7.57. The molecule has 0 radical (unpaired) electrons. The molecule has 0 spiro atoms. The number of nitro groups is 1. The number of benzene rings is 2. The number of aryl methyl sites for hydroxylation is 1. The van der Waals surface area contributed by atoms with Gasteiger partial charge in [0.2, 0.25) is 0 Å². The standard InChI is InChI=1S/C14H21NO.C9H11N5O2/c1-3-9-15-12-8-7-11-5-4-6-14(16-2)13(11)10-12;1-2-5-11-8-4-3-7(12-13-10)6-9(8)14(15)16/h4-6,12,15H,3,7-10H2,1-2H3;3-4,6,11H,2,5H2,1H3. The van der Waals surface area contributed by atoms with Crippen LogP contribution in [-0.4, -0.2) is 31.2 Å². The Morgan fingerprint density at radius 3 is 2.69 bits per heavy atom. The van der Waals surface area contributed by atoms with Crippen LogP contribution in [0.15, 0.2) is 41.5 Å². The summed E-state index contributed by atoms with van der Waals surface area (Å²) in [6.07, 6.45) is 5.61. The number of nitro benzene ring substituents is 1. The number of ether oxygens (including phenoxy) is 1. The second-order valence-corrected chi connectivity index (χ2v) is 7.57. The van der Waals surface area contributed by atoms with Gasteiger partial charge in [-0.15, -0.1) is 0 Å². The van der Waals surface area contributed by atoms with Crippen LogP contribution in [0.3, 0.4) is 0 Å². The van der Waals surface area contributed by atoms with E-state index in [1.165, 1.54) is 48.6 Å². The van der Waals surface area contributed by atoms with Crippen LogP contribution in [0, 0.1) is 10.1 Å². The molecule has 0 saturated carbocycles. The number of hydrogen-bond acceptors (Lipinski definition) is 6. The number of methoxy groups -OCH3 is 1. The second kappa shape index (κ2) is 13.2. The van der Waals surface area contributed by atoms with Crippen LogP contribution in [0.25, 0.3) is 10.4 Å². The number of rotatable bonds is 9. The maximum Gasteiger partial charge on any atom is 0.292 e. The zero-order valence-electron chi connectivity index (χ0n) is 19.0. The van der Waals surface area contributed by atoms with E-state index in [0.29, 0.717) is 18.3 Å². The van der Waals surface area contributed by atoms with Crippen molar-refractivity contribution in [3.8, 4) is 5.75 Å². The van der Waals surface area contributed by atoms with Gasteiger partial charge in [-0.25, -0.2) is 0 Å². The minimum absolute atomic E-state index is 0.0849. The molecule has 3 rings (SSSR count). The first-order valence-electron chi connectivity index (χ1n) is 11.0. The molecule has 1 atom stereocenters. The van der Waals surface area contributed by atoms with Crippen LogP contribution in [0.2, 0.25) is 0 Å². The van der Waals surface area contributed by atoms with Gasteiger partial charge < -0.3 is 15.4 Å². The van der Waals surface area contributed by atoms with Crippen LogP contribution in [0.5, 0.6) is 5.75 Å². The molecule has 0 heterocycles. The molecule has 32 heavy (non-hydrogen) atoms. The topological polar surface area (TPSA) is 125 Å². The molecule has 2 aromatic rings. The highest BCUT2D eigenvalue weighted by molar-refractivity contribution is 5.66. The largest absolute Gasteiger partial charge is 0.496 e. The van der Waals surface area contributed by atoms with Crippen molar-refractivity contribution < 1.29 is 9.66 Å². The summed E-state index contributed by atoms with van der Waals surface area (Å²) in [7, 11) is 1.76. The fourth-order valence-electron chi connectivity index (χ4n) is 3.66. The van der Waals surface area contributed by atoms with Crippen LogP contribution in [0.4, 0.5) is 17.1 Å². The molecule has 9 heteroatoms. The lowest BCUT2D eigenvalue weighted by molar-refractivity contribution is -0.383. The highest BCUT2D eigenvalue weighted by Crippen LogP contribution is 2.30. The van der Waals surface area contributed by atoms with E-state index < -0.39 is 4.92 Å². The minimum Gasteiger partial charge on any atom is -0.496 e. The first-order chi connectivity index (χ1) is 15.5. The van der Waals surface area contributed by atoms with Crippen molar-refractivity contribution in [3.63, 3.8) is 0 Å². The van der Waals surface area contributed by atoms with Gasteiger partial charge in [0.05, 0.1) is 12.0 Å². The minimum atomic E-state index is -0.506. The van der Waals surface area contributed by atoms with Gasteiger partial charge in [-0.05, 0) is 67.4 Å². The zero-order chi connectivity index (χ0) is 23.3. The van der Waals surface area contributed by atoms with E-state index in [9.17, 15) is 10.1 Å². The Kier molecular flexibility index (Phi) is 10.3. The molecular formula is C23H32N6O3. The van der Waals surface area contributed by atoms with Crippen LogP contribution in [0.1, 0.15) is 44.2 Å². The van der Waals surface area contributed by atoms with Gasteiger partial charge in [0.15, 0.2) is 0 Å². The summed E-state index contributed by atoms with van der Waals surface area (Å²) in [5.74, 6) is 1.06. The molecule has 1 aliphatic rings. The summed E-state index contributed by atoms with van der Waals surface area (Å²) < 4.78 is 5.44. The van der Waals surface area contributed by atoms with Crippen LogP contribution in [-0.2, 0) is 12.8 Å². The van der Waals surface area contributed by atoms with Crippen molar-refractivity contribution >= 4 is 17.1 Å². The average molecular weight is 441 g/mol. The van der Waals surface area contributed by atoms with Gasteiger partial charge in [0.1, 0.15) is 11.4 Å². The van der Waals surface area contributed by atoms with E-state index in [-0.39, 0.29) is 11.4 Å². The van der Waals surface area contributed by atoms with Crippen molar-refractivity contribution in [1.82, 2.24) is 5.32 Å². The van der Waals surface area contributed by atoms with Gasteiger partial charge in [0, 0.05) is 29.3 Å². The van der Waals surface area contributed by atoms with Gasteiger partial charge in [-0.1, -0.05) is 37.2 Å². The third-order valence-corrected chi connectivity index (χ3v) is 5.25. The fraction of sp³-hybridized carbons (Fsp3) is 0.478. The molecule has 1 aliphatic carbocycles. The predicted octanol–water partition coefficient (Wildman–Crippen LogP) is 5.91. The lowest BCUT2D eigenvalue weighted by atomic mass is 9.87. The van der Waals surface area contributed by atoms with E-state index in [1.54, 1.807) is 7.11 Å². The maximum absolute atomic E-state index is 10.8. The SMILES string of the molecule is CCCNC1CCc2cccc(OC)c2C1.CCCNc1ccc(N=[N+]=[N-])cc1[N+](=O)[O-]. The number of nitrogens with zero attached hydrogens (tertiary/aromatic N) is 4. The molecule has 172 valence electrons. The highest BCUT2D eigenvalue weighted by Gasteiger charge is 2.20. The third kappa shape index (κ3) is 7.14. The number of hydrogen-bond donors (Lipinski definition) is 2. The number of anilines is 1. The number of azide groups is 1. The van der Waals surface area contributed by atoms with Crippen molar-refractivity contribution in [2.45, 2.75) is 52.0 Å². The van der Waals surface area contributed by atoms with Gasteiger partial charge in [-0.2, -0.15) is 0 Å². The first kappa shape index (κ1) is 25.0. The molecule has 0 aromatic heterocycles. The summed E-state index contributed by atoms with van der Waals surface area (Å²) in [6.45, 7) is 5.95. The van der Waals surface area contributed by atoms with Crippen molar-refractivity contribution in [2.75, 3.05) is 25.5 Å². The molecule has 0 bridgehead atoms. The van der Waals surface area contributed by atoms with E-state index in [2.05, 4.69) is 45.8 Å². The predicted molar refractivity (Wildman–Crippen MR) is 128 cm³/mol. The summed E-state index contributed by atoms with van der Waals surface area (Å²) in [5.41, 5.74) is 11.7. The molecule has 0 amide bonds. The molecule has 2 aromatic carbocycles. The van der Waals surface area contributed by atoms with Crippen molar-refractivity contribution in [3.05, 3.63) is 68.1 Å². The summed E-state index contributed by atoms with van der Waals surface area (Å²) >= 11 is 0. The molecular weight excluding hydrogens is 408 g/mol. The number of nitrogens with one attached hydrogen (secondary N) is 2. The average Bonchev–Trinajstić information content (AvgIpc) is 2.81. The molecule has 0 aliphatic heterocycles. The molecule has 1 unspecified atom stereocenters. The molecule has 9 nitrogen and oxygen atoms in total. The Morgan fingerprint density at radius 1 is 1.25 bits per heavy atom. The van der Waals surface area contributed by atoms with Crippen molar-refractivity contribution in [2.24, 2.45) is 5.11 Å². The third-order valence-electron chi connectivity index (χ3n) is 5.25. The van der Waals surface area contributed by atoms with E-state index in [4.69, 9.17) is 10.3 Å². The lowest BCUT2D eigenvalue weighted by Crippen LogP contribution is -2.35. The monoisotopic (exact) mass is 440 g/mol. The highest BCUT2D eigenvalue weighted by atomic mass is 16.6. The maximum atomic E-state index is 10.8. The Morgan fingerprint density at radius 2 is 2.03 bits per heavy atom. The number of fused-ring (bicyclic) bond motifs is 1. The van der Waals surface area contributed by atoms with Crippen LogP contribution < -0.4 is 15.4 Å². The summed E-state index contributed by atoms with van der Waals surface area (Å²) in [4.78, 5) is 12.8. The Hall–Kier alpha value is -3.29. The Bertz CT molecular complexity index is 929. The Labute approximate surface area is 189 Å². The Balaban J connectivity index is 0.000000227. The molecule has 2 N–H and O–H groups in total. The normalized spacial score (nSPS) is 14.3.